The van der Waals surface area contributed by atoms with Gasteiger partial charge < -0.3 is 9.84 Å². The van der Waals surface area contributed by atoms with Crippen LogP contribution in [0.4, 0.5) is 0 Å². The molecule has 0 aliphatic rings. The van der Waals surface area contributed by atoms with Crippen LogP contribution < -0.4 is 0 Å². The first-order valence-electron chi connectivity index (χ1n) is 6.60. The molecule has 1 atom stereocenters. The molecule has 0 amide bonds. The number of aliphatic carboxylic acids is 1. The van der Waals surface area contributed by atoms with Gasteiger partial charge in [-0.1, -0.05) is 39.8 Å². The number of carboxylic acid groups (broad SMARTS) is 1. The quantitative estimate of drug-likeness (QED) is 0.415. The molecule has 0 aromatic carbocycles. The lowest BCUT2D eigenvalue weighted by Crippen LogP contribution is -2.17. The summed E-state index contributed by atoms with van der Waals surface area (Å²) in [5, 5.41) is 7.60. The van der Waals surface area contributed by atoms with E-state index in [1.165, 1.54) is 12.8 Å². The average Bonchev–Trinajstić information content (AvgIpc) is 2.38. The molecule has 0 radical (unpaired) electrons. The van der Waals surface area contributed by atoms with Crippen LogP contribution in [0.1, 0.15) is 52.9 Å². The third kappa shape index (κ3) is 14.4. The Hall–Kier alpha value is -1.58. The van der Waals surface area contributed by atoms with Crippen molar-refractivity contribution in [2.45, 2.75) is 59.0 Å². The fourth-order valence-corrected chi connectivity index (χ4v) is 1.22. The van der Waals surface area contributed by atoms with Crippen LogP contribution in [-0.2, 0) is 14.3 Å². The minimum atomic E-state index is -0.981. The molecule has 0 bridgehead atoms. The highest BCUT2D eigenvalue weighted by atomic mass is 16.5. The van der Waals surface area contributed by atoms with E-state index < -0.39 is 5.97 Å². The molecular weight excluding hydrogens is 244 g/mol. The summed E-state index contributed by atoms with van der Waals surface area (Å²) in [4.78, 5) is 20.5. The maximum absolute atomic E-state index is 11.2. The Morgan fingerprint density at radius 2 is 1.84 bits per heavy atom. The monoisotopic (exact) mass is 270 g/mol. The summed E-state index contributed by atoms with van der Waals surface area (Å²) in [6.45, 7) is 12.4. The Morgan fingerprint density at radius 3 is 2.16 bits per heavy atom. The Bertz CT molecular complexity index is 295. The van der Waals surface area contributed by atoms with Gasteiger partial charge in [-0.2, -0.15) is 0 Å². The lowest BCUT2D eigenvalue weighted by atomic mass is 10.1. The third-order valence-electron chi connectivity index (χ3n) is 2.38. The second-order valence-electron chi connectivity index (χ2n) is 4.25. The topological polar surface area (TPSA) is 63.6 Å². The van der Waals surface area contributed by atoms with Crippen molar-refractivity contribution >= 4 is 11.9 Å². The zero-order chi connectivity index (χ0) is 15.3. The molecule has 0 aliphatic heterocycles. The van der Waals surface area contributed by atoms with Crippen molar-refractivity contribution in [2.24, 2.45) is 0 Å². The van der Waals surface area contributed by atoms with Gasteiger partial charge in [0.25, 0.3) is 0 Å². The number of esters is 1. The summed E-state index contributed by atoms with van der Waals surface area (Å²) in [5.41, 5.74) is 0.485. The lowest BCUT2D eigenvalue weighted by Gasteiger charge is -2.15. The van der Waals surface area contributed by atoms with Crippen molar-refractivity contribution in [2.75, 3.05) is 0 Å². The first kappa shape index (κ1) is 19.8. The number of unbranched alkanes of at least 4 members (excludes halogenated alkanes) is 2. The standard InChI is InChI=1S/C12H22O2.C3H4O2/c1-5-7-8-9-11(6-2)14-12(13)10(3)4;1-2-3(4)5/h11H,3,5-9H2,1-2,4H3;2H,1H2,(H,4,5). The first-order chi connectivity index (χ1) is 8.88. The molecule has 0 aliphatic carbocycles. The predicted molar refractivity (Wildman–Crippen MR) is 77.0 cm³/mol. The van der Waals surface area contributed by atoms with Gasteiger partial charge in [-0.15, -0.1) is 0 Å². The van der Waals surface area contributed by atoms with Gasteiger partial charge in [0.05, 0.1) is 0 Å². The molecule has 0 aromatic heterocycles. The molecule has 0 fully saturated rings. The van der Waals surface area contributed by atoms with Crippen LogP contribution >= 0.6 is 0 Å². The van der Waals surface area contributed by atoms with Gasteiger partial charge in [0.1, 0.15) is 6.10 Å². The van der Waals surface area contributed by atoms with E-state index in [2.05, 4.69) is 20.1 Å². The van der Waals surface area contributed by atoms with E-state index >= 15 is 0 Å². The molecule has 0 heterocycles. The summed E-state index contributed by atoms with van der Waals surface area (Å²) in [5.74, 6) is -1.24. The van der Waals surface area contributed by atoms with Gasteiger partial charge in [-0.3, -0.25) is 0 Å². The molecule has 110 valence electrons. The Labute approximate surface area is 116 Å². The van der Waals surface area contributed by atoms with Gasteiger partial charge in [0.2, 0.25) is 0 Å². The van der Waals surface area contributed by atoms with Crippen LogP contribution in [0.15, 0.2) is 24.8 Å². The molecule has 0 saturated heterocycles. The van der Waals surface area contributed by atoms with E-state index in [1.807, 2.05) is 6.92 Å². The summed E-state index contributed by atoms with van der Waals surface area (Å²) < 4.78 is 5.27. The van der Waals surface area contributed by atoms with Gasteiger partial charge in [-0.25, -0.2) is 9.59 Å². The Morgan fingerprint density at radius 1 is 1.32 bits per heavy atom. The molecular formula is C15H26O4. The minimum absolute atomic E-state index is 0.0748. The maximum Gasteiger partial charge on any atom is 0.333 e. The smallest absolute Gasteiger partial charge is 0.333 e. The van der Waals surface area contributed by atoms with Crippen molar-refractivity contribution in [3.63, 3.8) is 0 Å². The summed E-state index contributed by atoms with van der Waals surface area (Å²) in [6.07, 6.45) is 6.32. The molecule has 0 spiro atoms. The highest BCUT2D eigenvalue weighted by molar-refractivity contribution is 5.87. The van der Waals surface area contributed by atoms with E-state index in [1.54, 1.807) is 6.92 Å². The molecule has 4 nitrogen and oxygen atoms in total. The predicted octanol–water partition coefficient (Wildman–Crippen LogP) is 3.72. The van der Waals surface area contributed by atoms with E-state index in [9.17, 15) is 9.59 Å². The van der Waals surface area contributed by atoms with Crippen molar-refractivity contribution < 1.29 is 19.4 Å². The van der Waals surface area contributed by atoms with E-state index in [4.69, 9.17) is 9.84 Å². The normalized spacial score (nSPS) is 10.7. The number of ether oxygens (including phenoxy) is 1. The molecule has 4 heteroatoms. The number of hydrogen-bond donors (Lipinski definition) is 1. The Kier molecular flexibility index (Phi) is 13.4. The third-order valence-corrected chi connectivity index (χ3v) is 2.38. The highest BCUT2D eigenvalue weighted by Gasteiger charge is 2.12. The number of carboxylic acids is 1. The fourth-order valence-electron chi connectivity index (χ4n) is 1.22. The molecule has 1 N–H and O–H groups in total. The van der Waals surface area contributed by atoms with Crippen LogP contribution in [-0.4, -0.2) is 23.1 Å². The minimum Gasteiger partial charge on any atom is -0.478 e. The van der Waals surface area contributed by atoms with Gasteiger partial charge >= 0.3 is 11.9 Å². The van der Waals surface area contributed by atoms with Gasteiger partial charge in [-0.05, 0) is 26.2 Å². The van der Waals surface area contributed by atoms with Crippen molar-refractivity contribution in [1.82, 2.24) is 0 Å². The highest BCUT2D eigenvalue weighted by Crippen LogP contribution is 2.11. The largest absolute Gasteiger partial charge is 0.478 e. The van der Waals surface area contributed by atoms with E-state index in [0.29, 0.717) is 5.57 Å². The summed E-state index contributed by atoms with van der Waals surface area (Å²) >= 11 is 0. The number of carbonyl (C=O) groups excluding carboxylic acids is 1. The first-order valence-corrected chi connectivity index (χ1v) is 6.60. The molecule has 0 rings (SSSR count). The van der Waals surface area contributed by atoms with Crippen LogP contribution in [0.5, 0.6) is 0 Å². The molecule has 0 aromatic rings. The second-order valence-corrected chi connectivity index (χ2v) is 4.25. The molecule has 1 unspecified atom stereocenters. The zero-order valence-corrected chi connectivity index (χ0v) is 12.3. The number of hydrogen-bond acceptors (Lipinski definition) is 3. The zero-order valence-electron chi connectivity index (χ0n) is 12.3. The lowest BCUT2D eigenvalue weighted by molar-refractivity contribution is -0.144. The molecule has 0 saturated carbocycles. The van der Waals surface area contributed by atoms with Crippen molar-refractivity contribution in [3.05, 3.63) is 24.8 Å². The fraction of sp³-hybridized carbons (Fsp3) is 0.600. The van der Waals surface area contributed by atoms with Crippen LogP contribution in [0.3, 0.4) is 0 Å². The van der Waals surface area contributed by atoms with Gasteiger partial charge in [0.15, 0.2) is 0 Å². The SMILES string of the molecule is C=C(C)C(=O)OC(CC)CCCCC.C=CC(=O)O. The number of rotatable bonds is 8. The van der Waals surface area contributed by atoms with Crippen molar-refractivity contribution in [3.8, 4) is 0 Å². The Balaban J connectivity index is 0. The summed E-state index contributed by atoms with van der Waals surface area (Å²) in [7, 11) is 0. The average molecular weight is 270 g/mol. The number of carbonyl (C=O) groups is 2. The van der Waals surface area contributed by atoms with Crippen LogP contribution in [0.2, 0.25) is 0 Å². The molecule has 19 heavy (non-hydrogen) atoms. The van der Waals surface area contributed by atoms with Crippen LogP contribution in [0, 0.1) is 0 Å². The van der Waals surface area contributed by atoms with E-state index in [-0.39, 0.29) is 12.1 Å². The van der Waals surface area contributed by atoms with Crippen LogP contribution in [0.25, 0.3) is 0 Å². The maximum atomic E-state index is 11.2. The van der Waals surface area contributed by atoms with Gasteiger partial charge in [0, 0.05) is 11.6 Å². The van der Waals surface area contributed by atoms with Crippen molar-refractivity contribution in [1.29, 1.82) is 0 Å². The summed E-state index contributed by atoms with van der Waals surface area (Å²) in [6, 6.07) is 0. The second kappa shape index (κ2) is 12.9. The van der Waals surface area contributed by atoms with E-state index in [0.717, 1.165) is 25.3 Å².